The van der Waals surface area contributed by atoms with Gasteiger partial charge in [0.25, 0.3) is 5.96 Å². The third-order valence-corrected chi connectivity index (χ3v) is 2.15. The third kappa shape index (κ3) is 5.29. The van der Waals surface area contributed by atoms with Crippen LogP contribution >= 0.6 is 0 Å². The first kappa shape index (κ1) is 14.8. The van der Waals surface area contributed by atoms with Crippen molar-refractivity contribution in [3.8, 4) is 11.5 Å². The summed E-state index contributed by atoms with van der Waals surface area (Å²) in [4.78, 5) is 0. The topological polar surface area (TPSA) is 96.8 Å². The molecule has 1 aromatic carbocycles. The normalized spacial score (nSPS) is 10.4. The summed E-state index contributed by atoms with van der Waals surface area (Å²) < 4.78 is 11.2. The van der Waals surface area contributed by atoms with E-state index in [9.17, 15) is 0 Å². The molecule has 0 unspecified atom stereocenters. The van der Waals surface area contributed by atoms with E-state index in [-0.39, 0.29) is 5.96 Å². The highest BCUT2D eigenvalue weighted by molar-refractivity contribution is 5.78. The van der Waals surface area contributed by atoms with E-state index in [4.69, 9.17) is 20.9 Å². The predicted octanol–water partition coefficient (Wildman–Crippen LogP) is -0.438. The molecule has 0 spiro atoms. The quantitative estimate of drug-likeness (QED) is 0.354. The standard InChI is InChI=1S/C13H20N4O2/c1-3-7-19-11-6-5-10(8-12(11)18-4-2)9-16-17-13(14)15/h5-6,8-9H,3-4,7H2,1-2H3,(H4,14,15,17)/p+1/b16-9+. The monoisotopic (exact) mass is 265 g/mol. The second-order valence-corrected chi connectivity index (χ2v) is 3.80. The highest BCUT2D eigenvalue weighted by Crippen LogP contribution is 2.27. The molecule has 0 saturated heterocycles. The number of hydrogen-bond donors (Lipinski definition) is 3. The van der Waals surface area contributed by atoms with Crippen LogP contribution in [0.5, 0.6) is 11.5 Å². The van der Waals surface area contributed by atoms with E-state index in [0.717, 1.165) is 17.7 Å². The lowest BCUT2D eigenvalue weighted by Crippen LogP contribution is -2.63. The van der Waals surface area contributed by atoms with Gasteiger partial charge in [0.2, 0.25) is 6.21 Å². The van der Waals surface area contributed by atoms with Crippen LogP contribution in [0.1, 0.15) is 25.8 Å². The summed E-state index contributed by atoms with van der Waals surface area (Å²) in [5, 5.41) is 6.31. The van der Waals surface area contributed by atoms with Gasteiger partial charge in [-0.05, 0) is 31.5 Å². The van der Waals surface area contributed by atoms with Crippen LogP contribution in [0.25, 0.3) is 0 Å². The van der Waals surface area contributed by atoms with E-state index in [2.05, 4.69) is 17.1 Å². The second kappa shape index (κ2) is 7.97. The van der Waals surface area contributed by atoms with Crippen LogP contribution in [0.4, 0.5) is 0 Å². The summed E-state index contributed by atoms with van der Waals surface area (Å²) in [7, 11) is 0. The number of nitrogens with one attached hydrogen (secondary N) is 1. The van der Waals surface area contributed by atoms with Crippen LogP contribution in [0.15, 0.2) is 23.3 Å². The van der Waals surface area contributed by atoms with E-state index in [1.165, 1.54) is 0 Å². The van der Waals surface area contributed by atoms with Crippen LogP contribution in [-0.4, -0.2) is 25.4 Å². The highest BCUT2D eigenvalue weighted by atomic mass is 16.5. The van der Waals surface area contributed by atoms with Crippen LogP contribution in [0, 0.1) is 0 Å². The van der Waals surface area contributed by atoms with Gasteiger partial charge in [0, 0.05) is 10.7 Å². The van der Waals surface area contributed by atoms with Crippen molar-refractivity contribution in [2.75, 3.05) is 13.2 Å². The Morgan fingerprint density at radius 3 is 2.68 bits per heavy atom. The highest BCUT2D eigenvalue weighted by Gasteiger charge is 2.06. The van der Waals surface area contributed by atoms with Gasteiger partial charge in [-0.15, -0.1) is 5.10 Å². The molecular formula is C13H21N4O2+. The Kier molecular flexibility index (Phi) is 6.21. The molecule has 104 valence electrons. The molecule has 0 fully saturated rings. The van der Waals surface area contributed by atoms with Gasteiger partial charge in [0.15, 0.2) is 11.5 Å². The van der Waals surface area contributed by atoms with Gasteiger partial charge >= 0.3 is 0 Å². The average molecular weight is 265 g/mol. The maximum Gasteiger partial charge on any atom is 0.256 e. The first-order valence-electron chi connectivity index (χ1n) is 6.24. The zero-order chi connectivity index (χ0) is 14.1. The van der Waals surface area contributed by atoms with Crippen molar-refractivity contribution in [3.05, 3.63) is 23.8 Å². The van der Waals surface area contributed by atoms with Crippen molar-refractivity contribution < 1.29 is 14.6 Å². The van der Waals surface area contributed by atoms with Gasteiger partial charge in [0.1, 0.15) is 0 Å². The minimum absolute atomic E-state index is 0.0239. The maximum absolute atomic E-state index is 5.61. The number of guanidine groups is 1. The van der Waals surface area contributed by atoms with E-state index in [1.807, 2.05) is 25.1 Å². The minimum atomic E-state index is -0.0239. The zero-order valence-corrected chi connectivity index (χ0v) is 11.3. The number of nitrogens with two attached hydrogens (primary N) is 2. The first-order valence-corrected chi connectivity index (χ1v) is 6.24. The summed E-state index contributed by atoms with van der Waals surface area (Å²) in [6, 6.07) is 5.62. The molecule has 0 aliphatic rings. The second-order valence-electron chi connectivity index (χ2n) is 3.80. The Balaban J connectivity index is 2.88. The fourth-order valence-corrected chi connectivity index (χ4v) is 1.40. The Labute approximate surface area is 113 Å². The Bertz CT molecular complexity index is 454. The molecule has 0 radical (unpaired) electrons. The van der Waals surface area contributed by atoms with Crippen molar-refractivity contribution in [3.63, 3.8) is 0 Å². The molecule has 0 aliphatic heterocycles. The molecule has 6 nitrogen and oxygen atoms in total. The smallest absolute Gasteiger partial charge is 0.256 e. The molecule has 6 heteroatoms. The number of benzene rings is 1. The molecule has 19 heavy (non-hydrogen) atoms. The van der Waals surface area contributed by atoms with Crippen molar-refractivity contribution in [1.29, 1.82) is 0 Å². The average Bonchev–Trinajstić information content (AvgIpc) is 2.38. The minimum Gasteiger partial charge on any atom is -0.490 e. The number of hydrogen-bond acceptors (Lipinski definition) is 3. The lowest BCUT2D eigenvalue weighted by molar-refractivity contribution is -0.456. The molecule has 0 atom stereocenters. The fraction of sp³-hybridized carbons (Fsp3) is 0.385. The molecule has 0 heterocycles. The van der Waals surface area contributed by atoms with Gasteiger partial charge in [-0.2, -0.15) is 0 Å². The SMILES string of the molecule is CCCOc1ccc(/C=[NH+]/N=C(N)N)cc1OCC. The lowest BCUT2D eigenvalue weighted by Gasteiger charge is -2.11. The van der Waals surface area contributed by atoms with Gasteiger partial charge in [-0.3, -0.25) is 0 Å². The fourth-order valence-electron chi connectivity index (χ4n) is 1.40. The molecule has 5 N–H and O–H groups in total. The first-order chi connectivity index (χ1) is 9.17. The van der Waals surface area contributed by atoms with Crippen LogP contribution in [0.3, 0.4) is 0 Å². The summed E-state index contributed by atoms with van der Waals surface area (Å²) in [6.45, 7) is 5.22. The Hall–Kier alpha value is -2.24. The molecular weight excluding hydrogens is 244 g/mol. The van der Waals surface area contributed by atoms with E-state index in [0.29, 0.717) is 19.0 Å². The van der Waals surface area contributed by atoms with E-state index >= 15 is 0 Å². The van der Waals surface area contributed by atoms with Crippen LogP contribution < -0.4 is 26.0 Å². The van der Waals surface area contributed by atoms with E-state index in [1.54, 1.807) is 6.21 Å². The van der Waals surface area contributed by atoms with Crippen molar-refractivity contribution in [2.45, 2.75) is 20.3 Å². The van der Waals surface area contributed by atoms with Crippen LogP contribution in [-0.2, 0) is 0 Å². The largest absolute Gasteiger partial charge is 0.490 e. The van der Waals surface area contributed by atoms with Gasteiger partial charge in [0.05, 0.1) is 13.2 Å². The zero-order valence-electron chi connectivity index (χ0n) is 11.3. The van der Waals surface area contributed by atoms with Gasteiger partial charge in [-0.1, -0.05) is 6.92 Å². The molecule has 0 bridgehead atoms. The number of ether oxygens (including phenoxy) is 2. The number of hydrazone groups is 1. The molecule has 0 saturated carbocycles. The van der Waals surface area contributed by atoms with Crippen LogP contribution in [0.2, 0.25) is 0 Å². The van der Waals surface area contributed by atoms with Crippen molar-refractivity contribution in [2.24, 2.45) is 16.6 Å². The predicted molar refractivity (Wildman–Crippen MR) is 75.3 cm³/mol. The summed E-state index contributed by atoms with van der Waals surface area (Å²) >= 11 is 0. The number of nitrogens with zero attached hydrogens (tertiary/aromatic N) is 1. The summed E-state index contributed by atoms with van der Waals surface area (Å²) in [5.41, 5.74) is 11.3. The third-order valence-electron chi connectivity index (χ3n) is 2.15. The Morgan fingerprint density at radius 1 is 1.26 bits per heavy atom. The summed E-state index contributed by atoms with van der Waals surface area (Å²) in [5.74, 6) is 1.42. The molecule has 0 aromatic heterocycles. The molecule has 0 amide bonds. The number of rotatable bonds is 7. The Morgan fingerprint density at radius 2 is 2.05 bits per heavy atom. The summed E-state index contributed by atoms with van der Waals surface area (Å²) in [6.07, 6.45) is 2.62. The van der Waals surface area contributed by atoms with Gasteiger partial charge in [-0.25, -0.2) is 0 Å². The van der Waals surface area contributed by atoms with Crippen molar-refractivity contribution >= 4 is 12.2 Å². The molecule has 1 aromatic rings. The maximum atomic E-state index is 5.61. The molecule has 0 aliphatic carbocycles. The van der Waals surface area contributed by atoms with Crippen molar-refractivity contribution in [1.82, 2.24) is 0 Å². The van der Waals surface area contributed by atoms with Gasteiger partial charge < -0.3 is 20.9 Å². The van der Waals surface area contributed by atoms with E-state index < -0.39 is 0 Å². The lowest BCUT2D eigenvalue weighted by atomic mass is 10.2. The molecule has 1 rings (SSSR count).